The van der Waals surface area contributed by atoms with Crippen molar-refractivity contribution in [2.75, 3.05) is 0 Å². The molecule has 5 N–H and O–H groups in total. The van der Waals surface area contributed by atoms with Crippen LogP contribution in [0.1, 0.15) is 64.8 Å². The van der Waals surface area contributed by atoms with E-state index in [0.717, 1.165) is 12.8 Å². The zero-order valence-corrected chi connectivity index (χ0v) is 17.3. The number of nitrogens with zero attached hydrogens (tertiary/aromatic N) is 3. The van der Waals surface area contributed by atoms with Crippen LogP contribution in [-0.2, 0) is 14.3 Å². The van der Waals surface area contributed by atoms with Crippen LogP contribution in [0.3, 0.4) is 0 Å². The third-order valence-electron chi connectivity index (χ3n) is 5.21. The molecule has 1 amide bonds. The predicted molar refractivity (Wildman–Crippen MR) is 105 cm³/mol. The fraction of sp³-hybridized carbons (Fsp3) is 0.684. The molecule has 0 spiro atoms. The van der Waals surface area contributed by atoms with Crippen LogP contribution >= 0.6 is 0 Å². The van der Waals surface area contributed by atoms with Gasteiger partial charge in [0.2, 0.25) is 5.91 Å². The first-order chi connectivity index (χ1) is 13.7. The third kappa shape index (κ3) is 5.20. The molecule has 10 nitrogen and oxygen atoms in total. The van der Waals surface area contributed by atoms with Crippen LogP contribution in [0.4, 0.5) is 0 Å². The lowest BCUT2D eigenvalue weighted by Crippen LogP contribution is -2.60. The molecule has 1 aliphatic carbocycles. The summed E-state index contributed by atoms with van der Waals surface area (Å²) in [5, 5.41) is 30.5. The van der Waals surface area contributed by atoms with Gasteiger partial charge in [0, 0.05) is 6.92 Å². The molecule has 1 aromatic heterocycles. The number of carboxylic acid groups (broad SMARTS) is 1. The first-order valence-electron chi connectivity index (χ1n) is 9.96. The van der Waals surface area contributed by atoms with Gasteiger partial charge in [-0.2, -0.15) is 0 Å². The minimum atomic E-state index is -1.15. The number of amides is 1. The van der Waals surface area contributed by atoms with Crippen LogP contribution < -0.4 is 11.1 Å². The largest absolute Gasteiger partial charge is 0.478 e. The molecule has 0 aliphatic heterocycles. The SMILES string of the molecule is CCC(CC)O[C@@H]1C=C(C(=O)O)[C@H](n2cc(C(O)CC)nn2)[C@H](N)[C@H]1NC(C)=O. The second kappa shape index (κ2) is 9.95. The summed E-state index contributed by atoms with van der Waals surface area (Å²) in [6, 6.07) is -2.36. The van der Waals surface area contributed by atoms with Gasteiger partial charge in [-0.15, -0.1) is 5.10 Å². The minimum absolute atomic E-state index is 0.0116. The van der Waals surface area contributed by atoms with Gasteiger partial charge in [-0.25, -0.2) is 9.48 Å². The maximum absolute atomic E-state index is 12.0. The summed E-state index contributed by atoms with van der Waals surface area (Å²) < 4.78 is 7.41. The number of carbonyl (C=O) groups is 2. The van der Waals surface area contributed by atoms with Gasteiger partial charge >= 0.3 is 5.97 Å². The fourth-order valence-corrected chi connectivity index (χ4v) is 3.55. The van der Waals surface area contributed by atoms with E-state index in [9.17, 15) is 19.8 Å². The van der Waals surface area contributed by atoms with E-state index in [2.05, 4.69) is 15.6 Å². The first-order valence-corrected chi connectivity index (χ1v) is 9.96. The molecular formula is C19H31N5O5. The molecule has 1 heterocycles. The van der Waals surface area contributed by atoms with E-state index < -0.39 is 36.3 Å². The monoisotopic (exact) mass is 409 g/mol. The normalized spacial score (nSPS) is 25.6. The van der Waals surface area contributed by atoms with Gasteiger partial charge in [-0.1, -0.05) is 26.0 Å². The number of carboxylic acids is 1. The lowest BCUT2D eigenvalue weighted by atomic mass is 9.83. The van der Waals surface area contributed by atoms with E-state index in [1.807, 2.05) is 13.8 Å². The Labute approximate surface area is 170 Å². The Morgan fingerprint density at radius 1 is 1.31 bits per heavy atom. The van der Waals surface area contributed by atoms with Crippen LogP contribution in [0.25, 0.3) is 0 Å². The molecule has 0 bridgehead atoms. The van der Waals surface area contributed by atoms with Gasteiger partial charge < -0.3 is 26.0 Å². The third-order valence-corrected chi connectivity index (χ3v) is 5.21. The number of nitrogens with one attached hydrogen (secondary N) is 1. The summed E-state index contributed by atoms with van der Waals surface area (Å²) in [5.74, 6) is -1.45. The van der Waals surface area contributed by atoms with Crippen molar-refractivity contribution in [1.29, 1.82) is 0 Å². The zero-order chi connectivity index (χ0) is 21.7. The highest BCUT2D eigenvalue weighted by Crippen LogP contribution is 2.32. The van der Waals surface area contributed by atoms with Crippen LogP contribution in [0.15, 0.2) is 17.8 Å². The number of hydrogen-bond donors (Lipinski definition) is 4. The van der Waals surface area contributed by atoms with Crippen molar-refractivity contribution < 1.29 is 24.5 Å². The maximum Gasteiger partial charge on any atom is 0.333 e. The van der Waals surface area contributed by atoms with E-state index in [-0.39, 0.29) is 17.6 Å². The van der Waals surface area contributed by atoms with Crippen molar-refractivity contribution in [2.24, 2.45) is 5.73 Å². The molecule has 1 aliphatic rings. The molecule has 0 radical (unpaired) electrons. The van der Waals surface area contributed by atoms with E-state index >= 15 is 0 Å². The summed E-state index contributed by atoms with van der Waals surface area (Å²) in [6.45, 7) is 7.12. The van der Waals surface area contributed by atoms with Gasteiger partial charge in [-0.05, 0) is 25.3 Å². The number of aromatic nitrogens is 3. The van der Waals surface area contributed by atoms with E-state index in [1.165, 1.54) is 23.9 Å². The number of aliphatic carboxylic acids is 1. The number of hydrogen-bond acceptors (Lipinski definition) is 7. The van der Waals surface area contributed by atoms with Gasteiger partial charge in [0.1, 0.15) is 11.7 Å². The fourth-order valence-electron chi connectivity index (χ4n) is 3.55. The number of ether oxygens (including phenoxy) is 1. The van der Waals surface area contributed by atoms with E-state index in [0.29, 0.717) is 12.1 Å². The zero-order valence-electron chi connectivity index (χ0n) is 17.3. The molecule has 29 heavy (non-hydrogen) atoms. The van der Waals surface area contributed by atoms with E-state index in [1.54, 1.807) is 6.92 Å². The highest BCUT2D eigenvalue weighted by atomic mass is 16.5. The van der Waals surface area contributed by atoms with Crippen LogP contribution in [-0.4, -0.2) is 61.4 Å². The summed E-state index contributed by atoms with van der Waals surface area (Å²) in [5.41, 5.74) is 6.79. The maximum atomic E-state index is 12.0. The standard InChI is InChI=1S/C19H31N5O5/c1-5-11(6-2)29-15-8-12(19(27)28)18(16(20)17(15)21-10(4)25)24-9-13(22-23-24)14(26)7-3/h8-9,11,14-18,26H,5-7,20H2,1-4H3,(H,21,25)(H,27,28)/t14?,15-,16-,17+,18+/m1/s1. The molecule has 5 atom stereocenters. The predicted octanol–water partition coefficient (Wildman–Crippen LogP) is 0.693. The van der Waals surface area contributed by atoms with Crippen molar-refractivity contribution >= 4 is 11.9 Å². The van der Waals surface area contributed by atoms with Crippen LogP contribution in [0.2, 0.25) is 0 Å². The summed E-state index contributed by atoms with van der Waals surface area (Å²) in [4.78, 5) is 23.8. The van der Waals surface area contributed by atoms with Crippen LogP contribution in [0, 0.1) is 0 Å². The first kappa shape index (κ1) is 23.0. The lowest BCUT2D eigenvalue weighted by Gasteiger charge is -2.40. The van der Waals surface area contributed by atoms with Gasteiger partial charge in [-0.3, -0.25) is 4.79 Å². The molecule has 0 aromatic carbocycles. The molecular weight excluding hydrogens is 378 g/mol. The molecule has 10 heteroatoms. The van der Waals surface area contributed by atoms with Gasteiger partial charge in [0.05, 0.1) is 42.2 Å². The highest BCUT2D eigenvalue weighted by molar-refractivity contribution is 5.88. The summed E-state index contributed by atoms with van der Waals surface area (Å²) >= 11 is 0. The summed E-state index contributed by atoms with van der Waals surface area (Å²) in [6.07, 6.45) is 3.32. The van der Waals surface area contributed by atoms with Gasteiger partial charge in [0.25, 0.3) is 0 Å². The van der Waals surface area contributed by atoms with Crippen molar-refractivity contribution in [3.63, 3.8) is 0 Å². The minimum Gasteiger partial charge on any atom is -0.478 e. The molecule has 1 aromatic rings. The second-order valence-electron chi connectivity index (χ2n) is 7.26. The number of rotatable bonds is 9. The Kier molecular flexibility index (Phi) is 7.88. The highest BCUT2D eigenvalue weighted by Gasteiger charge is 2.43. The second-order valence-corrected chi connectivity index (χ2v) is 7.26. The molecule has 1 unspecified atom stereocenters. The Bertz CT molecular complexity index is 745. The van der Waals surface area contributed by atoms with E-state index in [4.69, 9.17) is 10.5 Å². The smallest absolute Gasteiger partial charge is 0.333 e. The number of aliphatic hydroxyl groups excluding tert-OH is 1. The average molecular weight is 409 g/mol. The molecule has 0 fully saturated rings. The number of aliphatic hydroxyl groups is 1. The lowest BCUT2D eigenvalue weighted by molar-refractivity contribution is -0.134. The topological polar surface area (TPSA) is 153 Å². The summed E-state index contributed by atoms with van der Waals surface area (Å²) in [7, 11) is 0. The quantitative estimate of drug-likeness (QED) is 0.465. The molecule has 0 saturated carbocycles. The Morgan fingerprint density at radius 3 is 2.48 bits per heavy atom. The Hall–Kier alpha value is -2.30. The van der Waals surface area contributed by atoms with Gasteiger partial charge in [0.15, 0.2) is 0 Å². The average Bonchev–Trinajstić information content (AvgIpc) is 3.16. The van der Waals surface area contributed by atoms with Crippen molar-refractivity contribution in [2.45, 2.75) is 83.4 Å². The van der Waals surface area contributed by atoms with Crippen molar-refractivity contribution in [3.8, 4) is 0 Å². The molecule has 2 rings (SSSR count). The Morgan fingerprint density at radius 2 is 1.97 bits per heavy atom. The van der Waals surface area contributed by atoms with Crippen LogP contribution in [0.5, 0.6) is 0 Å². The number of carbonyl (C=O) groups excluding carboxylic acids is 1. The molecule has 162 valence electrons. The number of nitrogens with two attached hydrogens (primary N) is 1. The Balaban J connectivity index is 2.48. The molecule has 0 saturated heterocycles. The van der Waals surface area contributed by atoms with Crippen molar-refractivity contribution in [1.82, 2.24) is 20.3 Å². The van der Waals surface area contributed by atoms with Crippen molar-refractivity contribution in [3.05, 3.63) is 23.5 Å².